The predicted molar refractivity (Wildman–Crippen MR) is 53.5 cm³/mol. The maximum Gasteiger partial charge on any atom is 0.363 e. The molecule has 0 aliphatic heterocycles. The van der Waals surface area contributed by atoms with Crippen LogP contribution in [-0.2, 0) is 11.3 Å². The minimum Gasteiger partial charge on any atom is -0.476 e. The highest BCUT2D eigenvalue weighted by molar-refractivity contribution is 7.81. The highest BCUT2D eigenvalue weighted by Crippen LogP contribution is 1.96. The zero-order valence-corrected chi connectivity index (χ0v) is 7.67. The van der Waals surface area contributed by atoms with Crippen LogP contribution in [0.4, 0.5) is 0 Å². The molecule has 1 aromatic carbocycles. The maximum atomic E-state index is 10.3. The van der Waals surface area contributed by atoms with E-state index >= 15 is 0 Å². The van der Waals surface area contributed by atoms with Crippen molar-refractivity contribution >= 4 is 23.2 Å². The second-order valence-electron chi connectivity index (χ2n) is 2.47. The number of benzene rings is 1. The quantitative estimate of drug-likeness (QED) is 0.696. The zero-order valence-electron chi connectivity index (χ0n) is 6.86. The van der Waals surface area contributed by atoms with Crippen LogP contribution in [0.2, 0.25) is 0 Å². The summed E-state index contributed by atoms with van der Waals surface area (Å²) in [6.45, 7) is 0.450. The Balaban J connectivity index is 2.44. The summed E-state index contributed by atoms with van der Waals surface area (Å²) >= 11 is 4.57. The van der Waals surface area contributed by atoms with Crippen molar-refractivity contribution in [1.29, 1.82) is 0 Å². The molecule has 0 radical (unpaired) electrons. The summed E-state index contributed by atoms with van der Waals surface area (Å²) < 4.78 is 0. The van der Waals surface area contributed by atoms with Crippen LogP contribution < -0.4 is 5.32 Å². The van der Waals surface area contributed by atoms with Crippen LogP contribution in [0.25, 0.3) is 0 Å². The standard InChI is InChI=1S/C9H9NO2S/c11-9(12)8(13)10-6-7-4-2-1-3-5-7/h1-5H,6H2,(H,10,13)(H,11,12). The second-order valence-corrected chi connectivity index (χ2v) is 2.88. The third kappa shape index (κ3) is 3.21. The molecule has 0 unspecified atom stereocenters. The highest BCUT2D eigenvalue weighted by atomic mass is 32.1. The van der Waals surface area contributed by atoms with Crippen molar-refractivity contribution in [2.24, 2.45) is 0 Å². The zero-order chi connectivity index (χ0) is 9.68. The van der Waals surface area contributed by atoms with Gasteiger partial charge in [-0.15, -0.1) is 0 Å². The number of carbonyl (C=O) groups is 1. The summed E-state index contributed by atoms with van der Waals surface area (Å²) in [6.07, 6.45) is 0. The van der Waals surface area contributed by atoms with Crippen LogP contribution in [-0.4, -0.2) is 16.1 Å². The molecule has 0 bridgehead atoms. The molecule has 4 heteroatoms. The molecule has 0 saturated carbocycles. The molecule has 0 aliphatic rings. The van der Waals surface area contributed by atoms with E-state index in [0.29, 0.717) is 6.54 Å². The number of carboxylic acid groups (broad SMARTS) is 1. The molecular formula is C9H9NO2S. The van der Waals surface area contributed by atoms with Crippen LogP contribution in [0.5, 0.6) is 0 Å². The van der Waals surface area contributed by atoms with Crippen LogP contribution in [0.1, 0.15) is 5.56 Å². The van der Waals surface area contributed by atoms with E-state index in [1.165, 1.54) is 0 Å². The number of rotatable bonds is 2. The summed E-state index contributed by atoms with van der Waals surface area (Å²) in [6, 6.07) is 9.48. The lowest BCUT2D eigenvalue weighted by atomic mass is 10.2. The molecule has 0 fully saturated rings. The predicted octanol–water partition coefficient (Wildman–Crippen LogP) is 1.19. The molecule has 2 N–H and O–H groups in total. The number of hydrogen-bond donors (Lipinski definition) is 2. The number of aliphatic carboxylic acids is 1. The van der Waals surface area contributed by atoms with E-state index in [1.54, 1.807) is 0 Å². The van der Waals surface area contributed by atoms with Crippen molar-refractivity contribution in [3.05, 3.63) is 35.9 Å². The van der Waals surface area contributed by atoms with Crippen molar-refractivity contribution in [2.75, 3.05) is 0 Å². The molecule has 1 rings (SSSR count). The summed E-state index contributed by atoms with van der Waals surface area (Å²) in [4.78, 5) is 10.2. The fourth-order valence-electron chi connectivity index (χ4n) is 0.854. The molecule has 0 spiro atoms. The third-order valence-corrected chi connectivity index (χ3v) is 1.81. The van der Waals surface area contributed by atoms with Crippen LogP contribution in [0.15, 0.2) is 30.3 Å². The monoisotopic (exact) mass is 195 g/mol. The molecule has 13 heavy (non-hydrogen) atoms. The Kier molecular flexibility index (Phi) is 3.40. The average molecular weight is 195 g/mol. The molecule has 1 aromatic rings. The lowest BCUT2D eigenvalue weighted by Crippen LogP contribution is -2.28. The first kappa shape index (κ1) is 9.67. The van der Waals surface area contributed by atoms with Gasteiger partial charge in [0.1, 0.15) is 0 Å². The van der Waals surface area contributed by atoms with Gasteiger partial charge in [0.15, 0.2) is 4.99 Å². The molecule has 3 nitrogen and oxygen atoms in total. The first-order valence-electron chi connectivity index (χ1n) is 3.75. The summed E-state index contributed by atoms with van der Waals surface area (Å²) in [5, 5.41) is 11.1. The number of nitrogens with one attached hydrogen (secondary N) is 1. The van der Waals surface area contributed by atoms with Gasteiger partial charge >= 0.3 is 5.97 Å². The molecule has 68 valence electrons. The molecule has 0 atom stereocenters. The smallest absolute Gasteiger partial charge is 0.363 e. The van der Waals surface area contributed by atoms with Gasteiger partial charge in [0.05, 0.1) is 0 Å². The minimum absolute atomic E-state index is 0.149. The number of hydrogen-bond acceptors (Lipinski definition) is 2. The van der Waals surface area contributed by atoms with E-state index < -0.39 is 5.97 Å². The minimum atomic E-state index is -1.09. The van der Waals surface area contributed by atoms with Gasteiger partial charge in [-0.1, -0.05) is 42.5 Å². The summed E-state index contributed by atoms with van der Waals surface area (Å²) in [5.41, 5.74) is 1.01. The van der Waals surface area contributed by atoms with Gasteiger partial charge in [-0.05, 0) is 5.56 Å². The van der Waals surface area contributed by atoms with Crippen LogP contribution in [0.3, 0.4) is 0 Å². The van der Waals surface area contributed by atoms with Crippen molar-refractivity contribution in [3.8, 4) is 0 Å². The fraction of sp³-hybridized carbons (Fsp3) is 0.111. The Morgan fingerprint density at radius 3 is 2.54 bits per heavy atom. The van der Waals surface area contributed by atoms with E-state index in [9.17, 15) is 4.79 Å². The van der Waals surface area contributed by atoms with Crippen molar-refractivity contribution < 1.29 is 9.90 Å². The van der Waals surface area contributed by atoms with Crippen LogP contribution in [0, 0.1) is 0 Å². The molecule has 0 aromatic heterocycles. The molecule has 0 aliphatic carbocycles. The van der Waals surface area contributed by atoms with Gasteiger partial charge in [-0.3, -0.25) is 0 Å². The van der Waals surface area contributed by atoms with E-state index in [4.69, 9.17) is 5.11 Å². The average Bonchev–Trinajstić information content (AvgIpc) is 2.15. The molecule has 0 saturated heterocycles. The van der Waals surface area contributed by atoms with Gasteiger partial charge < -0.3 is 10.4 Å². The first-order valence-corrected chi connectivity index (χ1v) is 4.16. The van der Waals surface area contributed by atoms with Gasteiger partial charge in [-0.25, -0.2) is 4.79 Å². The van der Waals surface area contributed by atoms with Crippen molar-refractivity contribution in [1.82, 2.24) is 5.32 Å². The topological polar surface area (TPSA) is 49.3 Å². The Hall–Kier alpha value is -1.42. The Morgan fingerprint density at radius 1 is 1.38 bits per heavy atom. The summed E-state index contributed by atoms with van der Waals surface area (Å²) in [7, 11) is 0. The largest absolute Gasteiger partial charge is 0.476 e. The van der Waals surface area contributed by atoms with Gasteiger partial charge in [0.2, 0.25) is 0 Å². The third-order valence-electron chi connectivity index (χ3n) is 1.49. The molecular weight excluding hydrogens is 186 g/mol. The molecule has 0 amide bonds. The Morgan fingerprint density at radius 2 is 2.00 bits per heavy atom. The first-order chi connectivity index (χ1) is 6.20. The lowest BCUT2D eigenvalue weighted by molar-refractivity contribution is -0.129. The second kappa shape index (κ2) is 4.57. The lowest BCUT2D eigenvalue weighted by Gasteiger charge is -2.03. The Labute approximate surface area is 81.4 Å². The van der Waals surface area contributed by atoms with Gasteiger partial charge in [-0.2, -0.15) is 0 Å². The SMILES string of the molecule is O=C(O)C(=S)NCc1ccccc1. The van der Waals surface area contributed by atoms with Gasteiger partial charge in [0.25, 0.3) is 0 Å². The van der Waals surface area contributed by atoms with Crippen molar-refractivity contribution in [2.45, 2.75) is 6.54 Å². The van der Waals surface area contributed by atoms with E-state index in [2.05, 4.69) is 17.5 Å². The highest BCUT2D eigenvalue weighted by Gasteiger charge is 2.03. The van der Waals surface area contributed by atoms with Gasteiger partial charge in [0, 0.05) is 6.54 Å². The number of thiocarbonyl (C=S) groups is 1. The summed E-state index contributed by atoms with van der Waals surface area (Å²) in [5.74, 6) is -1.09. The Bertz CT molecular complexity index is 311. The maximum absolute atomic E-state index is 10.3. The fourth-order valence-corrected chi connectivity index (χ4v) is 0.926. The van der Waals surface area contributed by atoms with E-state index in [1.807, 2.05) is 30.3 Å². The normalized spacial score (nSPS) is 9.23. The molecule has 0 heterocycles. The van der Waals surface area contributed by atoms with E-state index in [0.717, 1.165) is 5.56 Å². The van der Waals surface area contributed by atoms with E-state index in [-0.39, 0.29) is 4.99 Å². The van der Waals surface area contributed by atoms with Crippen molar-refractivity contribution in [3.63, 3.8) is 0 Å². The van der Waals surface area contributed by atoms with Crippen LogP contribution >= 0.6 is 12.2 Å². The number of carboxylic acids is 1.